The quantitative estimate of drug-likeness (QED) is 0.324. The molecule has 3 rings (SSSR count). The maximum absolute atomic E-state index is 13.4. The summed E-state index contributed by atoms with van der Waals surface area (Å²) in [5, 5.41) is 18.8. The Morgan fingerprint density at radius 2 is 2.00 bits per heavy atom. The Morgan fingerprint density at radius 3 is 2.72 bits per heavy atom. The first-order chi connectivity index (χ1) is 17.5. The molecule has 1 aliphatic heterocycles. The molecule has 1 aromatic carbocycles. The monoisotopic (exact) mass is 501 g/mol. The molecular formula is C30H51N3O3. The molecule has 0 bridgehead atoms. The molecule has 2 fully saturated rings. The van der Waals surface area contributed by atoms with Crippen molar-refractivity contribution in [1.82, 2.24) is 15.5 Å². The number of piperidine rings is 1. The zero-order valence-corrected chi connectivity index (χ0v) is 23.1. The second-order valence-corrected chi connectivity index (χ2v) is 11.2. The second-order valence-electron chi connectivity index (χ2n) is 11.2. The van der Waals surface area contributed by atoms with Gasteiger partial charge >= 0.3 is 6.03 Å². The molecule has 0 spiro atoms. The number of nitrogens with zero attached hydrogens (tertiary/aromatic N) is 1. The minimum Gasteiger partial charge on any atom is -0.385 e. The van der Waals surface area contributed by atoms with E-state index >= 15 is 0 Å². The van der Waals surface area contributed by atoms with Crippen LogP contribution in [0.4, 0.5) is 4.79 Å². The summed E-state index contributed by atoms with van der Waals surface area (Å²) in [7, 11) is 3.69. The maximum atomic E-state index is 13.4. The molecule has 0 radical (unpaired) electrons. The van der Waals surface area contributed by atoms with Gasteiger partial charge in [0.1, 0.15) is 0 Å². The minimum absolute atomic E-state index is 0.0211. The van der Waals surface area contributed by atoms with E-state index in [0.29, 0.717) is 19.6 Å². The maximum Gasteiger partial charge on any atom is 0.317 e. The number of carbonyl (C=O) groups is 1. The zero-order chi connectivity index (χ0) is 25.8. The molecule has 6 nitrogen and oxygen atoms in total. The fourth-order valence-corrected chi connectivity index (χ4v) is 6.37. The van der Waals surface area contributed by atoms with E-state index in [-0.39, 0.29) is 18.0 Å². The van der Waals surface area contributed by atoms with Crippen molar-refractivity contribution in [2.24, 2.45) is 11.8 Å². The van der Waals surface area contributed by atoms with Gasteiger partial charge in [-0.25, -0.2) is 4.79 Å². The van der Waals surface area contributed by atoms with Gasteiger partial charge in [-0.1, -0.05) is 63.3 Å². The SMILES string of the molecule is CCc1cccc([C@](O)(CCCCOC)[C@@H]2CCCN(C(=O)NC(CNC)CC3CCCCC3)C2)c1. The first-order valence-corrected chi connectivity index (χ1v) is 14.5. The van der Waals surface area contributed by atoms with Gasteiger partial charge in [0.25, 0.3) is 0 Å². The Kier molecular flexibility index (Phi) is 12.0. The molecule has 1 heterocycles. The molecule has 1 aliphatic carbocycles. The van der Waals surface area contributed by atoms with Gasteiger partial charge < -0.3 is 25.4 Å². The molecule has 6 heteroatoms. The van der Waals surface area contributed by atoms with Crippen molar-refractivity contribution in [3.63, 3.8) is 0 Å². The van der Waals surface area contributed by atoms with Gasteiger partial charge in [-0.15, -0.1) is 0 Å². The average Bonchev–Trinajstić information content (AvgIpc) is 2.91. The third-order valence-corrected chi connectivity index (χ3v) is 8.50. The number of carbonyl (C=O) groups excluding carboxylic acids is 1. The Labute approximate surface area is 219 Å². The highest BCUT2D eigenvalue weighted by molar-refractivity contribution is 5.74. The number of aryl methyl sites for hydroxylation is 1. The van der Waals surface area contributed by atoms with E-state index in [4.69, 9.17) is 4.74 Å². The lowest BCUT2D eigenvalue weighted by Gasteiger charge is -2.43. The van der Waals surface area contributed by atoms with Crippen LogP contribution in [0, 0.1) is 11.8 Å². The van der Waals surface area contributed by atoms with Crippen molar-refractivity contribution in [3.8, 4) is 0 Å². The number of rotatable bonds is 13. The molecule has 1 saturated heterocycles. The second kappa shape index (κ2) is 14.9. The fourth-order valence-electron chi connectivity index (χ4n) is 6.37. The molecule has 3 N–H and O–H groups in total. The van der Waals surface area contributed by atoms with Crippen molar-refractivity contribution in [2.45, 2.75) is 95.6 Å². The Morgan fingerprint density at radius 1 is 1.19 bits per heavy atom. The lowest BCUT2D eigenvalue weighted by Crippen LogP contribution is -2.54. The van der Waals surface area contributed by atoms with Crippen LogP contribution < -0.4 is 10.6 Å². The highest BCUT2D eigenvalue weighted by Gasteiger charge is 2.41. The van der Waals surface area contributed by atoms with Crippen molar-refractivity contribution in [3.05, 3.63) is 35.4 Å². The lowest BCUT2D eigenvalue weighted by atomic mass is 9.73. The van der Waals surface area contributed by atoms with Gasteiger partial charge in [0, 0.05) is 45.3 Å². The highest BCUT2D eigenvalue weighted by Crippen LogP contribution is 2.40. The smallest absolute Gasteiger partial charge is 0.317 e. The zero-order valence-electron chi connectivity index (χ0n) is 23.1. The Bertz CT molecular complexity index is 782. The molecule has 1 unspecified atom stereocenters. The van der Waals surface area contributed by atoms with Crippen LogP contribution in [0.15, 0.2) is 24.3 Å². The third kappa shape index (κ3) is 8.19. The number of hydrogen-bond acceptors (Lipinski definition) is 4. The number of unbranched alkanes of at least 4 members (excludes halogenated alkanes) is 1. The predicted molar refractivity (Wildman–Crippen MR) is 147 cm³/mol. The first-order valence-electron chi connectivity index (χ1n) is 14.5. The Hall–Kier alpha value is -1.63. The van der Waals surface area contributed by atoms with E-state index in [1.165, 1.54) is 37.7 Å². The normalized spacial score (nSPS) is 21.7. The standard InChI is InChI=1S/C30H51N3O3/c1-4-24-14-10-15-26(20-24)30(35,17-8-9-19-36-3)27-16-11-18-33(23-27)29(34)32-28(22-31-2)21-25-12-6-5-7-13-25/h10,14-15,20,25,27-28,31,35H,4-9,11-13,16-19,21-23H2,1-3H3,(H,32,34)/t27-,28?,30-/m1/s1. The van der Waals surface area contributed by atoms with E-state index in [1.807, 2.05) is 11.9 Å². The van der Waals surface area contributed by atoms with Gasteiger partial charge in [-0.2, -0.15) is 0 Å². The predicted octanol–water partition coefficient (Wildman–Crippen LogP) is 5.23. The molecule has 204 valence electrons. The summed E-state index contributed by atoms with van der Waals surface area (Å²) in [5.41, 5.74) is 1.30. The number of hydrogen-bond donors (Lipinski definition) is 3. The molecule has 0 aromatic heterocycles. The summed E-state index contributed by atoms with van der Waals surface area (Å²) in [4.78, 5) is 15.4. The molecule has 2 amide bonds. The van der Waals surface area contributed by atoms with Gasteiger partial charge in [-0.3, -0.25) is 0 Å². The lowest BCUT2D eigenvalue weighted by molar-refractivity contribution is -0.0564. The van der Waals surface area contributed by atoms with Crippen LogP contribution in [-0.4, -0.2) is 62.5 Å². The minimum atomic E-state index is -0.940. The van der Waals surface area contributed by atoms with Crippen LogP contribution in [0.3, 0.4) is 0 Å². The number of ether oxygens (including phenoxy) is 1. The van der Waals surface area contributed by atoms with Gasteiger partial charge in [-0.05, 0) is 69.0 Å². The third-order valence-electron chi connectivity index (χ3n) is 8.50. The summed E-state index contributed by atoms with van der Waals surface area (Å²) in [5.74, 6) is 0.738. The van der Waals surface area contributed by atoms with E-state index in [2.05, 4.69) is 41.8 Å². The van der Waals surface area contributed by atoms with Crippen LogP contribution >= 0.6 is 0 Å². The van der Waals surface area contributed by atoms with Crippen LogP contribution in [-0.2, 0) is 16.8 Å². The number of benzene rings is 1. The topological polar surface area (TPSA) is 73.8 Å². The van der Waals surface area contributed by atoms with E-state index in [0.717, 1.165) is 63.1 Å². The van der Waals surface area contributed by atoms with Gasteiger partial charge in [0.05, 0.1) is 5.60 Å². The number of likely N-dealkylation sites (N-methyl/N-ethyl adjacent to an activating group) is 1. The summed E-state index contributed by atoms with van der Waals surface area (Å²) >= 11 is 0. The van der Waals surface area contributed by atoms with Crippen LogP contribution in [0.1, 0.15) is 88.7 Å². The number of amides is 2. The van der Waals surface area contributed by atoms with Gasteiger partial charge in [0.15, 0.2) is 0 Å². The fraction of sp³-hybridized carbons (Fsp3) is 0.767. The molecule has 3 atom stereocenters. The molecular weight excluding hydrogens is 450 g/mol. The molecule has 1 saturated carbocycles. The average molecular weight is 502 g/mol. The summed E-state index contributed by atoms with van der Waals surface area (Å²) in [6, 6.07) is 8.61. The number of likely N-dealkylation sites (tertiary alicyclic amines) is 1. The largest absolute Gasteiger partial charge is 0.385 e. The van der Waals surface area contributed by atoms with Crippen LogP contribution in [0.5, 0.6) is 0 Å². The van der Waals surface area contributed by atoms with Gasteiger partial charge in [0.2, 0.25) is 0 Å². The van der Waals surface area contributed by atoms with Crippen molar-refractivity contribution in [1.29, 1.82) is 0 Å². The van der Waals surface area contributed by atoms with Crippen LogP contribution in [0.2, 0.25) is 0 Å². The summed E-state index contributed by atoms with van der Waals surface area (Å²) in [6.07, 6.45) is 12.9. The summed E-state index contributed by atoms with van der Waals surface area (Å²) in [6.45, 7) is 5.01. The Balaban J connectivity index is 1.70. The number of nitrogens with one attached hydrogen (secondary N) is 2. The van der Waals surface area contributed by atoms with E-state index < -0.39 is 5.60 Å². The van der Waals surface area contributed by atoms with E-state index in [1.54, 1.807) is 7.11 Å². The number of methoxy groups -OCH3 is 1. The first kappa shape index (κ1) is 28.9. The summed E-state index contributed by atoms with van der Waals surface area (Å²) < 4.78 is 5.26. The van der Waals surface area contributed by atoms with E-state index in [9.17, 15) is 9.90 Å². The van der Waals surface area contributed by atoms with Crippen molar-refractivity contribution < 1.29 is 14.6 Å². The highest BCUT2D eigenvalue weighted by atomic mass is 16.5. The number of aliphatic hydroxyl groups is 1. The number of urea groups is 1. The van der Waals surface area contributed by atoms with Crippen molar-refractivity contribution in [2.75, 3.05) is 40.4 Å². The molecule has 36 heavy (non-hydrogen) atoms. The van der Waals surface area contributed by atoms with Crippen molar-refractivity contribution >= 4 is 6.03 Å². The molecule has 1 aromatic rings. The van der Waals surface area contributed by atoms with Crippen LogP contribution in [0.25, 0.3) is 0 Å². The molecule has 2 aliphatic rings.